The van der Waals surface area contributed by atoms with E-state index in [9.17, 15) is 5.26 Å². The molecule has 3 rings (SSSR count). The number of nitrogens with one attached hydrogen (secondary N) is 1. The molecule has 0 unspecified atom stereocenters. The van der Waals surface area contributed by atoms with Gasteiger partial charge in [0.2, 0.25) is 11.8 Å². The largest absolute Gasteiger partial charge is 0.420 e. The fraction of sp³-hybridized carbons (Fsp3) is 0.250. The molecule has 22 heavy (non-hydrogen) atoms. The van der Waals surface area contributed by atoms with Crippen LogP contribution in [0, 0.1) is 18.3 Å². The molecular formula is C16H16N4O2. The standard InChI is InChI=1S/C16H16N4O2/c1-9-5-3-4-6-10(9)13-11(7-17)15(18)22-16-14(13)12(8-21-2)19-20-16/h3-6,13H,8,18H2,1-2H3,(H,19,20)/t13-/m1/s1. The second kappa shape index (κ2) is 5.54. The van der Waals surface area contributed by atoms with E-state index in [-0.39, 0.29) is 11.8 Å². The van der Waals surface area contributed by atoms with Gasteiger partial charge in [0.25, 0.3) is 0 Å². The summed E-state index contributed by atoms with van der Waals surface area (Å²) in [5.74, 6) is 0.189. The van der Waals surface area contributed by atoms with E-state index in [1.165, 1.54) is 0 Å². The summed E-state index contributed by atoms with van der Waals surface area (Å²) in [6, 6.07) is 10.1. The first-order valence-electron chi connectivity index (χ1n) is 6.86. The van der Waals surface area contributed by atoms with Crippen LogP contribution in [0.15, 0.2) is 35.7 Å². The Labute approximate surface area is 128 Å². The Balaban J connectivity index is 2.24. The summed E-state index contributed by atoms with van der Waals surface area (Å²) in [5, 5.41) is 16.6. The van der Waals surface area contributed by atoms with Gasteiger partial charge in [-0.25, -0.2) is 0 Å². The van der Waals surface area contributed by atoms with Gasteiger partial charge >= 0.3 is 0 Å². The number of ether oxygens (including phenoxy) is 2. The van der Waals surface area contributed by atoms with E-state index in [0.29, 0.717) is 18.1 Å². The number of allylic oxidation sites excluding steroid dienone is 1. The minimum absolute atomic E-state index is 0.0960. The quantitative estimate of drug-likeness (QED) is 0.903. The van der Waals surface area contributed by atoms with Crippen molar-refractivity contribution in [3.05, 3.63) is 58.1 Å². The molecular weight excluding hydrogens is 280 g/mol. The third-order valence-corrected chi connectivity index (χ3v) is 3.81. The van der Waals surface area contributed by atoms with Crippen molar-refractivity contribution in [1.29, 1.82) is 5.26 Å². The minimum atomic E-state index is -0.307. The van der Waals surface area contributed by atoms with Crippen molar-refractivity contribution in [2.45, 2.75) is 19.4 Å². The lowest BCUT2D eigenvalue weighted by atomic mass is 9.82. The summed E-state index contributed by atoms with van der Waals surface area (Å²) >= 11 is 0. The van der Waals surface area contributed by atoms with Crippen molar-refractivity contribution in [3.8, 4) is 11.9 Å². The first-order chi connectivity index (χ1) is 10.7. The molecule has 0 aliphatic carbocycles. The monoisotopic (exact) mass is 296 g/mol. The number of rotatable bonds is 3. The van der Waals surface area contributed by atoms with E-state index in [2.05, 4.69) is 16.3 Å². The number of H-pyrrole nitrogens is 1. The molecule has 3 N–H and O–H groups in total. The van der Waals surface area contributed by atoms with Gasteiger partial charge in [-0.05, 0) is 18.1 Å². The lowest BCUT2D eigenvalue weighted by Crippen LogP contribution is -2.21. The first-order valence-corrected chi connectivity index (χ1v) is 6.86. The molecule has 0 saturated carbocycles. The van der Waals surface area contributed by atoms with Crippen LogP contribution in [0.3, 0.4) is 0 Å². The molecule has 2 heterocycles. The lowest BCUT2D eigenvalue weighted by Gasteiger charge is -2.25. The lowest BCUT2D eigenvalue weighted by molar-refractivity contribution is 0.180. The van der Waals surface area contributed by atoms with Crippen LogP contribution < -0.4 is 10.5 Å². The van der Waals surface area contributed by atoms with E-state index in [0.717, 1.165) is 22.4 Å². The van der Waals surface area contributed by atoms with E-state index < -0.39 is 0 Å². The normalized spacial score (nSPS) is 16.9. The van der Waals surface area contributed by atoms with Crippen LogP contribution in [-0.4, -0.2) is 17.3 Å². The summed E-state index contributed by atoms with van der Waals surface area (Å²) in [4.78, 5) is 0. The number of aromatic nitrogens is 2. The molecule has 0 spiro atoms. The van der Waals surface area contributed by atoms with Gasteiger partial charge in [0.15, 0.2) is 0 Å². The Morgan fingerprint density at radius 3 is 2.91 bits per heavy atom. The van der Waals surface area contributed by atoms with E-state index in [4.69, 9.17) is 15.2 Å². The van der Waals surface area contributed by atoms with E-state index in [1.54, 1.807) is 7.11 Å². The fourth-order valence-corrected chi connectivity index (χ4v) is 2.78. The fourth-order valence-electron chi connectivity index (χ4n) is 2.78. The third kappa shape index (κ3) is 2.12. The smallest absolute Gasteiger partial charge is 0.244 e. The Hall–Kier alpha value is -2.78. The molecule has 112 valence electrons. The highest BCUT2D eigenvalue weighted by atomic mass is 16.5. The number of aryl methyl sites for hydroxylation is 1. The highest BCUT2D eigenvalue weighted by Gasteiger charge is 2.35. The molecule has 0 saturated heterocycles. The number of aromatic amines is 1. The Morgan fingerprint density at radius 2 is 2.23 bits per heavy atom. The van der Waals surface area contributed by atoms with Crippen molar-refractivity contribution in [1.82, 2.24) is 10.2 Å². The number of methoxy groups -OCH3 is 1. The molecule has 6 nitrogen and oxygen atoms in total. The number of hydrogen-bond donors (Lipinski definition) is 2. The molecule has 1 aromatic heterocycles. The maximum absolute atomic E-state index is 9.54. The number of nitriles is 1. The zero-order chi connectivity index (χ0) is 15.7. The summed E-state index contributed by atoms with van der Waals surface area (Å²) in [5.41, 5.74) is 9.97. The molecule has 0 bridgehead atoms. The van der Waals surface area contributed by atoms with Crippen LogP contribution >= 0.6 is 0 Å². The molecule has 1 aliphatic rings. The van der Waals surface area contributed by atoms with Crippen molar-refractivity contribution in [2.75, 3.05) is 7.11 Å². The van der Waals surface area contributed by atoms with Crippen LogP contribution in [0.2, 0.25) is 0 Å². The molecule has 6 heteroatoms. The number of benzene rings is 1. The third-order valence-electron chi connectivity index (χ3n) is 3.81. The number of nitrogens with zero attached hydrogens (tertiary/aromatic N) is 2. The maximum Gasteiger partial charge on any atom is 0.244 e. The van der Waals surface area contributed by atoms with E-state index >= 15 is 0 Å². The Bertz CT molecular complexity index is 786. The number of nitrogens with two attached hydrogens (primary N) is 1. The number of hydrogen-bond acceptors (Lipinski definition) is 5. The van der Waals surface area contributed by atoms with Gasteiger partial charge in [-0.15, -0.1) is 5.10 Å². The molecule has 0 amide bonds. The van der Waals surface area contributed by atoms with Gasteiger partial charge in [-0.3, -0.25) is 5.10 Å². The minimum Gasteiger partial charge on any atom is -0.420 e. The van der Waals surface area contributed by atoms with Crippen LogP contribution in [0.1, 0.15) is 28.3 Å². The van der Waals surface area contributed by atoms with Crippen LogP contribution in [0.5, 0.6) is 5.88 Å². The molecule has 0 fully saturated rings. The van der Waals surface area contributed by atoms with Gasteiger partial charge in [0, 0.05) is 7.11 Å². The maximum atomic E-state index is 9.54. The zero-order valence-electron chi connectivity index (χ0n) is 12.4. The Morgan fingerprint density at radius 1 is 1.45 bits per heavy atom. The first kappa shape index (κ1) is 14.2. The zero-order valence-corrected chi connectivity index (χ0v) is 12.4. The average Bonchev–Trinajstić information content (AvgIpc) is 2.89. The van der Waals surface area contributed by atoms with Crippen molar-refractivity contribution in [3.63, 3.8) is 0 Å². The average molecular weight is 296 g/mol. The summed E-state index contributed by atoms with van der Waals surface area (Å²) < 4.78 is 10.7. The van der Waals surface area contributed by atoms with Gasteiger partial charge < -0.3 is 15.2 Å². The van der Waals surface area contributed by atoms with Gasteiger partial charge in [-0.2, -0.15) is 5.26 Å². The number of fused-ring (bicyclic) bond motifs is 1. The SMILES string of the molecule is COCc1[nH]nc2c1[C@H](c1ccccc1C)C(C#N)=C(N)O2. The van der Waals surface area contributed by atoms with Crippen molar-refractivity contribution < 1.29 is 9.47 Å². The summed E-state index contributed by atoms with van der Waals surface area (Å²) in [7, 11) is 1.61. The van der Waals surface area contributed by atoms with Crippen molar-refractivity contribution >= 4 is 0 Å². The predicted octanol–water partition coefficient (Wildman–Crippen LogP) is 2.08. The highest BCUT2D eigenvalue weighted by molar-refractivity contribution is 5.56. The van der Waals surface area contributed by atoms with Crippen LogP contribution in [0.25, 0.3) is 0 Å². The Kier molecular flexibility index (Phi) is 3.57. The summed E-state index contributed by atoms with van der Waals surface area (Å²) in [6.45, 7) is 2.36. The highest BCUT2D eigenvalue weighted by Crippen LogP contribution is 2.43. The second-order valence-corrected chi connectivity index (χ2v) is 5.14. The van der Waals surface area contributed by atoms with Gasteiger partial charge in [-0.1, -0.05) is 24.3 Å². The van der Waals surface area contributed by atoms with Gasteiger partial charge in [0.05, 0.1) is 23.8 Å². The molecule has 1 aliphatic heterocycles. The summed E-state index contributed by atoms with van der Waals surface area (Å²) in [6.07, 6.45) is 0. The second-order valence-electron chi connectivity index (χ2n) is 5.14. The topological polar surface area (TPSA) is 97.0 Å². The molecule has 1 atom stereocenters. The van der Waals surface area contributed by atoms with E-state index in [1.807, 2.05) is 31.2 Å². The predicted molar refractivity (Wildman–Crippen MR) is 79.8 cm³/mol. The van der Waals surface area contributed by atoms with Crippen molar-refractivity contribution in [2.24, 2.45) is 5.73 Å². The van der Waals surface area contributed by atoms with Crippen LogP contribution in [0.4, 0.5) is 0 Å². The molecule has 1 aromatic carbocycles. The molecule has 0 radical (unpaired) electrons. The molecule has 2 aromatic rings. The van der Waals surface area contributed by atoms with Crippen LogP contribution in [-0.2, 0) is 11.3 Å². The van der Waals surface area contributed by atoms with Gasteiger partial charge in [0.1, 0.15) is 11.6 Å².